The summed E-state index contributed by atoms with van der Waals surface area (Å²) >= 11 is 1.43. The minimum Gasteiger partial charge on any atom is -0.476 e. The molecule has 0 amide bonds. The molecular weight excluding hydrogens is 562 g/mol. The Morgan fingerprint density at radius 1 is 1.26 bits per heavy atom. The second-order valence-electron chi connectivity index (χ2n) is 11.7. The van der Waals surface area contributed by atoms with Gasteiger partial charge in [0.2, 0.25) is 5.88 Å². The number of hydrogen-bond donors (Lipinski definition) is 2. The van der Waals surface area contributed by atoms with Crippen molar-refractivity contribution in [1.82, 2.24) is 29.6 Å². The highest BCUT2D eigenvalue weighted by atomic mass is 32.1. The van der Waals surface area contributed by atoms with E-state index in [1.165, 1.54) is 11.3 Å². The first-order valence-electron chi connectivity index (χ1n) is 14.8. The molecule has 11 nitrogen and oxygen atoms in total. The van der Waals surface area contributed by atoms with E-state index in [1.54, 1.807) is 12.3 Å². The van der Waals surface area contributed by atoms with Crippen LogP contribution in [0.15, 0.2) is 36.2 Å². The van der Waals surface area contributed by atoms with Crippen LogP contribution in [0.3, 0.4) is 0 Å². The molecule has 4 N–H and O–H groups in total. The summed E-state index contributed by atoms with van der Waals surface area (Å²) in [7, 11) is 2.10. The molecular formula is C31H33N9O2S. The number of nitrogens with two attached hydrogens (primary N) is 2. The minimum atomic E-state index is -0.805. The van der Waals surface area contributed by atoms with Crippen LogP contribution in [0, 0.1) is 11.3 Å². The van der Waals surface area contributed by atoms with Crippen molar-refractivity contribution in [3.05, 3.63) is 58.0 Å². The molecule has 1 spiro atoms. The quantitative estimate of drug-likeness (QED) is 0.324. The number of ether oxygens (including phenoxy) is 1. The fourth-order valence-corrected chi connectivity index (χ4v) is 8.24. The number of thiophene rings is 1. The fraction of sp³-hybridized carbons (Fsp3) is 0.419. The van der Waals surface area contributed by atoms with E-state index in [0.29, 0.717) is 65.6 Å². The molecule has 5 heterocycles. The number of rotatable bonds is 5. The lowest BCUT2D eigenvalue weighted by atomic mass is 9.61. The fourth-order valence-electron chi connectivity index (χ4n) is 7.07. The lowest BCUT2D eigenvalue weighted by molar-refractivity contribution is -0.122. The zero-order chi connectivity index (χ0) is 29.7. The first kappa shape index (κ1) is 27.5. The molecule has 2 aromatic rings. The number of hydrogen-bond acceptors (Lipinski definition) is 11. The number of nitrogen functional groups attached to an aromatic ring is 1. The number of nitriles is 1. The number of carbonyl (C=O) groups is 1. The van der Waals surface area contributed by atoms with Crippen molar-refractivity contribution >= 4 is 27.8 Å². The van der Waals surface area contributed by atoms with Crippen molar-refractivity contribution in [2.45, 2.75) is 62.8 Å². The van der Waals surface area contributed by atoms with Gasteiger partial charge in [0.1, 0.15) is 23.5 Å². The predicted molar refractivity (Wildman–Crippen MR) is 163 cm³/mol. The topological polar surface area (TPSA) is 162 Å². The average molecular weight is 596 g/mol. The van der Waals surface area contributed by atoms with Crippen molar-refractivity contribution in [1.29, 1.82) is 5.26 Å². The largest absolute Gasteiger partial charge is 0.476 e. The molecule has 2 aliphatic carbocycles. The molecule has 2 fully saturated rings. The number of likely N-dealkylation sites (N-methyl/N-ethyl adjacent to an activating group) is 1. The molecule has 2 aromatic heterocycles. The number of nitrogens with zero attached hydrogens (tertiary/aromatic N) is 7. The van der Waals surface area contributed by atoms with Gasteiger partial charge in [-0.1, -0.05) is 0 Å². The number of Topliss-reactive ketones (excluding diaryl/α,β-unsaturated/α-hetero) is 1. The molecule has 12 heteroatoms. The Morgan fingerprint density at radius 2 is 2.09 bits per heavy atom. The summed E-state index contributed by atoms with van der Waals surface area (Å²) in [6.45, 7) is 1.52. The molecule has 0 aromatic carbocycles. The molecule has 3 aliphatic heterocycles. The highest BCUT2D eigenvalue weighted by Crippen LogP contribution is 2.52. The predicted octanol–water partition coefficient (Wildman–Crippen LogP) is 3.85. The van der Waals surface area contributed by atoms with Crippen molar-refractivity contribution in [3.8, 4) is 29.2 Å². The monoisotopic (exact) mass is 595 g/mol. The molecule has 220 valence electrons. The number of likely N-dealkylation sites (tertiary alicyclic amines) is 1. The van der Waals surface area contributed by atoms with E-state index < -0.39 is 5.41 Å². The second-order valence-corrected chi connectivity index (χ2v) is 12.9. The maximum atomic E-state index is 14.5. The van der Waals surface area contributed by atoms with E-state index in [4.69, 9.17) is 26.2 Å². The zero-order valence-corrected chi connectivity index (χ0v) is 24.9. The number of ketones is 1. The molecule has 5 aliphatic rings. The van der Waals surface area contributed by atoms with Gasteiger partial charge < -0.3 is 21.1 Å². The Morgan fingerprint density at radius 3 is 2.88 bits per heavy atom. The number of fused-ring (bicyclic) bond motifs is 3. The third-order valence-corrected chi connectivity index (χ3v) is 10.4. The van der Waals surface area contributed by atoms with E-state index in [0.717, 1.165) is 54.7 Å². The van der Waals surface area contributed by atoms with Crippen LogP contribution in [0.2, 0.25) is 0 Å². The number of anilines is 1. The standard InChI is InChI=1S/C31H33N9O2S/c1-39-12-5-7-19(39)17-42-24-14-23(40-13-4-6-18-16-35-38-30(18)40)36-29(37-24)26(33)20-8-2-10-31(27(20)41)11-3-9-22-25(31)21(15-32)28(34)43-22/h4,6,13-14,16,19H,2-3,5,7-12,17,33-34H2,1H3/t19-,31-/m0/s1. The van der Waals surface area contributed by atoms with Crippen LogP contribution in [0.25, 0.3) is 22.9 Å². The summed E-state index contributed by atoms with van der Waals surface area (Å²) in [6, 6.07) is 8.19. The maximum Gasteiger partial charge on any atom is 0.219 e. The first-order chi connectivity index (χ1) is 20.9. The Kier molecular flexibility index (Phi) is 6.86. The Hall–Kier alpha value is -4.34. The Labute approximate surface area is 253 Å². The summed E-state index contributed by atoms with van der Waals surface area (Å²) in [5.41, 5.74) is 15.2. The molecule has 0 unspecified atom stereocenters. The molecule has 0 bridgehead atoms. The van der Waals surface area contributed by atoms with Gasteiger partial charge in [-0.25, -0.2) is 4.98 Å². The van der Waals surface area contributed by atoms with Crippen molar-refractivity contribution in [2.75, 3.05) is 25.9 Å². The van der Waals surface area contributed by atoms with Crippen molar-refractivity contribution in [2.24, 2.45) is 5.73 Å². The van der Waals surface area contributed by atoms with E-state index in [-0.39, 0.29) is 17.3 Å². The molecule has 43 heavy (non-hydrogen) atoms. The first-order valence-corrected chi connectivity index (χ1v) is 15.6. The summed E-state index contributed by atoms with van der Waals surface area (Å²) in [5.74, 6) is 1.72. The summed E-state index contributed by atoms with van der Waals surface area (Å²) in [6.07, 6.45) is 10.0. The van der Waals surface area contributed by atoms with Crippen LogP contribution in [0.4, 0.5) is 5.00 Å². The third-order valence-electron chi connectivity index (χ3n) is 9.29. The van der Waals surface area contributed by atoms with Crippen LogP contribution in [-0.4, -0.2) is 61.7 Å². The normalized spacial score (nSPS) is 23.4. The Balaban J connectivity index is 1.32. The van der Waals surface area contributed by atoms with Gasteiger partial charge in [-0.15, -0.1) is 16.4 Å². The van der Waals surface area contributed by atoms with Gasteiger partial charge in [-0.05, 0) is 82.7 Å². The molecule has 1 saturated carbocycles. The van der Waals surface area contributed by atoms with Crippen molar-refractivity contribution in [3.63, 3.8) is 0 Å². The number of pyridine rings is 1. The third kappa shape index (κ3) is 4.54. The highest BCUT2D eigenvalue weighted by Gasteiger charge is 2.49. The molecule has 7 rings (SSSR count). The lowest BCUT2D eigenvalue weighted by Gasteiger charge is -2.40. The smallest absolute Gasteiger partial charge is 0.219 e. The van der Waals surface area contributed by atoms with E-state index in [9.17, 15) is 10.1 Å². The molecule has 1 saturated heterocycles. The van der Waals surface area contributed by atoms with E-state index in [2.05, 4.69) is 28.2 Å². The summed E-state index contributed by atoms with van der Waals surface area (Å²) in [4.78, 5) is 27.4. The number of aryl methyl sites for hydroxylation is 1. The van der Waals surface area contributed by atoms with Gasteiger partial charge in [-0.3, -0.25) is 9.36 Å². The van der Waals surface area contributed by atoms with Gasteiger partial charge in [0, 0.05) is 34.3 Å². The highest BCUT2D eigenvalue weighted by molar-refractivity contribution is 7.16. The van der Waals surface area contributed by atoms with Gasteiger partial charge in [0.05, 0.1) is 22.9 Å². The van der Waals surface area contributed by atoms with Gasteiger partial charge in [0.15, 0.2) is 17.4 Å². The van der Waals surface area contributed by atoms with Crippen LogP contribution in [0.5, 0.6) is 5.88 Å². The number of aromatic nitrogens is 5. The maximum absolute atomic E-state index is 14.5. The Bertz CT molecular complexity index is 1770. The van der Waals surface area contributed by atoms with E-state index >= 15 is 0 Å². The van der Waals surface area contributed by atoms with Crippen LogP contribution < -0.4 is 16.2 Å². The second kappa shape index (κ2) is 10.7. The summed E-state index contributed by atoms with van der Waals surface area (Å²) < 4.78 is 8.08. The molecule has 0 radical (unpaired) electrons. The van der Waals surface area contributed by atoms with Crippen molar-refractivity contribution < 1.29 is 9.53 Å². The van der Waals surface area contributed by atoms with Crippen LogP contribution in [0.1, 0.15) is 66.8 Å². The zero-order valence-electron chi connectivity index (χ0n) is 24.0. The molecule has 2 atom stereocenters. The van der Waals surface area contributed by atoms with Gasteiger partial charge in [0.25, 0.3) is 0 Å². The van der Waals surface area contributed by atoms with Gasteiger partial charge in [-0.2, -0.15) is 15.3 Å². The summed E-state index contributed by atoms with van der Waals surface area (Å²) in [5, 5.41) is 18.8. The van der Waals surface area contributed by atoms with Gasteiger partial charge >= 0.3 is 0 Å². The number of allylic oxidation sites excluding steroid dienone is 1. The SMILES string of the molecule is CN1CCC[C@H]1COc1cc(-n2cccc3cnnc2-3)nc(C(N)=C2CCC[C@@]3(CCCc4sc(N)c(C#N)c43)C2=O)n1. The van der Waals surface area contributed by atoms with Crippen LogP contribution in [-0.2, 0) is 16.6 Å². The average Bonchev–Trinajstić information content (AvgIpc) is 3.75. The van der Waals surface area contributed by atoms with Crippen LogP contribution >= 0.6 is 11.3 Å². The number of carbonyl (C=O) groups excluding carboxylic acids is 1. The van der Waals surface area contributed by atoms with E-state index in [1.807, 2.05) is 22.9 Å². The lowest BCUT2D eigenvalue weighted by Crippen LogP contribution is -2.43. The minimum absolute atomic E-state index is 0.0489.